The second-order valence-electron chi connectivity index (χ2n) is 3.95. The molecule has 0 aliphatic carbocycles. The molecule has 0 aliphatic rings. The number of benzene rings is 2. The van der Waals surface area contributed by atoms with Gasteiger partial charge in [-0.15, -0.1) is 0 Å². The predicted octanol–water partition coefficient (Wildman–Crippen LogP) is 3.34. The third kappa shape index (κ3) is 2.53. The molecule has 0 atom stereocenters. The Bertz CT molecular complexity index is 584. The average molecular weight is 225 g/mol. The summed E-state index contributed by atoms with van der Waals surface area (Å²) >= 11 is 0. The van der Waals surface area contributed by atoms with Crippen LogP contribution in [0.15, 0.2) is 48.5 Å². The van der Waals surface area contributed by atoms with Gasteiger partial charge in [-0.05, 0) is 29.3 Å². The van der Waals surface area contributed by atoms with Crippen LogP contribution in [0, 0.1) is 0 Å². The molecular formula is C15H15NO. The molecule has 1 N–H and O–H groups in total. The lowest BCUT2D eigenvalue weighted by Gasteiger charge is -2.09. The van der Waals surface area contributed by atoms with E-state index in [0.29, 0.717) is 0 Å². The Morgan fingerprint density at radius 3 is 2.47 bits per heavy atom. The highest BCUT2D eigenvalue weighted by molar-refractivity contribution is 5.89. The normalized spacial score (nSPS) is 11.5. The van der Waals surface area contributed by atoms with Crippen LogP contribution in [0.4, 0.5) is 0 Å². The van der Waals surface area contributed by atoms with Gasteiger partial charge in [0.2, 0.25) is 5.91 Å². The number of allylic oxidation sites excluding steroid dienone is 1. The fourth-order valence-corrected chi connectivity index (χ4v) is 1.86. The number of hydrogen-bond acceptors (Lipinski definition) is 1. The third-order valence-electron chi connectivity index (χ3n) is 2.66. The topological polar surface area (TPSA) is 29.1 Å². The van der Waals surface area contributed by atoms with Gasteiger partial charge in [-0.1, -0.05) is 42.5 Å². The van der Waals surface area contributed by atoms with E-state index < -0.39 is 0 Å². The van der Waals surface area contributed by atoms with E-state index in [4.69, 9.17) is 0 Å². The molecule has 0 heterocycles. The monoisotopic (exact) mass is 225 g/mol. The van der Waals surface area contributed by atoms with Crippen LogP contribution >= 0.6 is 0 Å². The molecule has 2 nitrogen and oxygen atoms in total. The molecule has 2 aromatic rings. The molecule has 0 saturated carbocycles. The van der Waals surface area contributed by atoms with Gasteiger partial charge < -0.3 is 5.32 Å². The molecule has 0 saturated heterocycles. The predicted molar refractivity (Wildman–Crippen MR) is 71.4 cm³/mol. The van der Waals surface area contributed by atoms with Crippen LogP contribution in [0.1, 0.15) is 19.4 Å². The fraction of sp³-hybridized carbons (Fsp3) is 0.133. The molecule has 0 aromatic heterocycles. The second-order valence-corrected chi connectivity index (χ2v) is 3.95. The van der Waals surface area contributed by atoms with E-state index in [0.717, 1.165) is 11.3 Å². The van der Waals surface area contributed by atoms with E-state index in [9.17, 15) is 4.79 Å². The fourth-order valence-electron chi connectivity index (χ4n) is 1.86. The number of amides is 1. The average Bonchev–Trinajstić information content (AvgIpc) is 2.35. The summed E-state index contributed by atoms with van der Waals surface area (Å²) in [6.45, 7) is 3.44. The van der Waals surface area contributed by atoms with E-state index >= 15 is 0 Å². The van der Waals surface area contributed by atoms with E-state index in [1.165, 1.54) is 17.7 Å². The largest absolute Gasteiger partial charge is 0.326 e. The Balaban J connectivity index is 2.45. The van der Waals surface area contributed by atoms with Gasteiger partial charge in [-0.2, -0.15) is 0 Å². The SMILES string of the molecule is C/C=C(/NC(C)=O)c1ccc2ccccc2c1. The molecule has 2 aromatic carbocycles. The maximum absolute atomic E-state index is 11.1. The van der Waals surface area contributed by atoms with Gasteiger partial charge in [0.25, 0.3) is 0 Å². The van der Waals surface area contributed by atoms with Gasteiger partial charge in [0.1, 0.15) is 0 Å². The van der Waals surface area contributed by atoms with Crippen LogP contribution in [0.2, 0.25) is 0 Å². The van der Waals surface area contributed by atoms with Gasteiger partial charge in [0.15, 0.2) is 0 Å². The Labute approximate surface area is 101 Å². The number of carbonyl (C=O) groups is 1. The van der Waals surface area contributed by atoms with Gasteiger partial charge in [-0.25, -0.2) is 0 Å². The number of fused-ring (bicyclic) bond motifs is 1. The molecule has 0 fully saturated rings. The zero-order valence-corrected chi connectivity index (χ0v) is 10.0. The lowest BCUT2D eigenvalue weighted by atomic mass is 10.0. The third-order valence-corrected chi connectivity index (χ3v) is 2.66. The van der Waals surface area contributed by atoms with Crippen LogP contribution in [-0.2, 0) is 4.79 Å². The lowest BCUT2D eigenvalue weighted by Crippen LogP contribution is -2.17. The summed E-state index contributed by atoms with van der Waals surface area (Å²) in [5, 5.41) is 5.21. The Hall–Kier alpha value is -2.09. The van der Waals surface area contributed by atoms with Crippen LogP contribution in [0.3, 0.4) is 0 Å². The van der Waals surface area contributed by atoms with E-state index in [2.05, 4.69) is 29.6 Å². The lowest BCUT2D eigenvalue weighted by molar-refractivity contribution is -0.117. The number of carbonyl (C=O) groups excluding carboxylic acids is 1. The quantitative estimate of drug-likeness (QED) is 0.834. The minimum Gasteiger partial charge on any atom is -0.326 e. The summed E-state index contributed by atoms with van der Waals surface area (Å²) in [5.41, 5.74) is 1.88. The molecule has 86 valence electrons. The van der Waals surface area contributed by atoms with Crippen molar-refractivity contribution in [1.29, 1.82) is 0 Å². The van der Waals surface area contributed by atoms with Crippen LogP contribution in [-0.4, -0.2) is 5.91 Å². The van der Waals surface area contributed by atoms with Crippen LogP contribution in [0.25, 0.3) is 16.5 Å². The van der Waals surface area contributed by atoms with E-state index in [1.807, 2.05) is 31.2 Å². The van der Waals surface area contributed by atoms with Crippen molar-refractivity contribution in [2.24, 2.45) is 0 Å². The van der Waals surface area contributed by atoms with Crippen molar-refractivity contribution in [1.82, 2.24) is 5.32 Å². The maximum Gasteiger partial charge on any atom is 0.221 e. The maximum atomic E-state index is 11.1. The molecule has 0 bridgehead atoms. The Kier molecular flexibility index (Phi) is 3.24. The van der Waals surface area contributed by atoms with Crippen molar-refractivity contribution in [2.75, 3.05) is 0 Å². The Morgan fingerprint density at radius 2 is 1.82 bits per heavy atom. The van der Waals surface area contributed by atoms with Gasteiger partial charge in [0, 0.05) is 12.6 Å². The van der Waals surface area contributed by atoms with Gasteiger partial charge >= 0.3 is 0 Å². The Morgan fingerprint density at radius 1 is 1.12 bits per heavy atom. The molecule has 0 radical (unpaired) electrons. The molecule has 1 amide bonds. The van der Waals surface area contributed by atoms with Crippen molar-refractivity contribution >= 4 is 22.4 Å². The smallest absolute Gasteiger partial charge is 0.221 e. The van der Waals surface area contributed by atoms with Crippen molar-refractivity contribution < 1.29 is 4.79 Å². The van der Waals surface area contributed by atoms with Crippen molar-refractivity contribution in [2.45, 2.75) is 13.8 Å². The summed E-state index contributed by atoms with van der Waals surface area (Å²) < 4.78 is 0. The first-order valence-electron chi connectivity index (χ1n) is 5.64. The van der Waals surface area contributed by atoms with Crippen LogP contribution in [0.5, 0.6) is 0 Å². The molecule has 0 unspecified atom stereocenters. The summed E-state index contributed by atoms with van der Waals surface area (Å²) in [5.74, 6) is -0.0498. The van der Waals surface area contributed by atoms with Crippen molar-refractivity contribution in [3.63, 3.8) is 0 Å². The number of nitrogens with one attached hydrogen (secondary N) is 1. The molecule has 17 heavy (non-hydrogen) atoms. The highest BCUT2D eigenvalue weighted by Crippen LogP contribution is 2.19. The minimum atomic E-state index is -0.0498. The zero-order chi connectivity index (χ0) is 12.3. The first-order chi connectivity index (χ1) is 8.20. The van der Waals surface area contributed by atoms with Crippen molar-refractivity contribution in [3.8, 4) is 0 Å². The first-order valence-corrected chi connectivity index (χ1v) is 5.64. The zero-order valence-electron chi connectivity index (χ0n) is 10.0. The minimum absolute atomic E-state index is 0.0498. The first kappa shape index (κ1) is 11.4. The highest BCUT2D eigenvalue weighted by atomic mass is 16.1. The van der Waals surface area contributed by atoms with Crippen molar-refractivity contribution in [3.05, 3.63) is 54.1 Å². The molecule has 0 spiro atoms. The van der Waals surface area contributed by atoms with Gasteiger partial charge in [-0.3, -0.25) is 4.79 Å². The standard InChI is InChI=1S/C15H15NO/c1-3-15(16-11(2)17)14-9-8-12-6-4-5-7-13(12)10-14/h3-10H,1-2H3,(H,16,17)/b15-3+. The molecular weight excluding hydrogens is 210 g/mol. The second kappa shape index (κ2) is 4.83. The summed E-state index contributed by atoms with van der Waals surface area (Å²) in [6, 6.07) is 14.4. The molecule has 0 aliphatic heterocycles. The molecule has 2 rings (SSSR count). The summed E-state index contributed by atoms with van der Waals surface area (Å²) in [6.07, 6.45) is 1.91. The highest BCUT2D eigenvalue weighted by Gasteiger charge is 2.03. The number of hydrogen-bond donors (Lipinski definition) is 1. The van der Waals surface area contributed by atoms with Gasteiger partial charge in [0.05, 0.1) is 0 Å². The number of rotatable bonds is 2. The van der Waals surface area contributed by atoms with E-state index in [1.54, 1.807) is 0 Å². The molecule has 2 heteroatoms. The van der Waals surface area contributed by atoms with E-state index in [-0.39, 0.29) is 5.91 Å². The summed E-state index contributed by atoms with van der Waals surface area (Å²) in [4.78, 5) is 11.1. The summed E-state index contributed by atoms with van der Waals surface area (Å²) in [7, 11) is 0. The van der Waals surface area contributed by atoms with Crippen LogP contribution < -0.4 is 5.32 Å².